The van der Waals surface area contributed by atoms with E-state index in [0.717, 1.165) is 70.6 Å². The summed E-state index contributed by atoms with van der Waals surface area (Å²) >= 11 is 3.66. The SMILES string of the molecule is CC(C)(Sc1cc(C(C)(C)C)c(O)c(C(C)(C)C)c1)Sc1cc(C(C)(C)C)c(O)c(C(C)(C)C)c1.CC(C)CCC[C@@H](C)[C@H]1CC[C@H]2[C@@H]3CC=C4C[C@@H](O)CC[C@]4(C)[C@H]3CC[C@]12C. The van der Waals surface area contributed by atoms with Gasteiger partial charge >= 0.3 is 0 Å². The zero-order valence-corrected chi connectivity index (χ0v) is 45.5. The third-order valence-corrected chi connectivity index (χ3v) is 18.8. The van der Waals surface area contributed by atoms with Crippen LogP contribution >= 0.6 is 23.5 Å². The van der Waals surface area contributed by atoms with Crippen LogP contribution < -0.4 is 0 Å². The van der Waals surface area contributed by atoms with E-state index in [1.165, 1.54) is 67.6 Å². The molecule has 5 heteroatoms. The minimum Gasteiger partial charge on any atom is -0.507 e. The van der Waals surface area contributed by atoms with Crippen molar-refractivity contribution >= 4 is 23.5 Å². The van der Waals surface area contributed by atoms with Gasteiger partial charge in [0.25, 0.3) is 0 Å². The molecule has 0 aromatic heterocycles. The van der Waals surface area contributed by atoms with Crippen LogP contribution in [0.2, 0.25) is 0 Å². The molecule has 6 rings (SSSR count). The van der Waals surface area contributed by atoms with Crippen LogP contribution in [0.4, 0.5) is 0 Å². The number of rotatable bonds is 9. The van der Waals surface area contributed by atoms with Crippen LogP contribution in [0.25, 0.3) is 0 Å². The highest BCUT2D eigenvalue weighted by Gasteiger charge is 2.59. The summed E-state index contributed by atoms with van der Waals surface area (Å²) in [5.41, 5.74) is 5.94. The molecule has 0 radical (unpaired) electrons. The maximum atomic E-state index is 11.1. The summed E-state index contributed by atoms with van der Waals surface area (Å²) in [6.07, 6.45) is 17.2. The van der Waals surface area contributed by atoms with Crippen LogP contribution in [-0.4, -0.2) is 25.5 Å². The largest absolute Gasteiger partial charge is 0.507 e. The lowest BCUT2D eigenvalue weighted by atomic mass is 9.47. The van der Waals surface area contributed by atoms with Crippen molar-refractivity contribution in [1.29, 1.82) is 0 Å². The minimum absolute atomic E-state index is 0.0766. The van der Waals surface area contributed by atoms with Crippen LogP contribution in [0.1, 0.15) is 224 Å². The van der Waals surface area contributed by atoms with Crippen LogP contribution in [-0.2, 0) is 21.7 Å². The molecule has 63 heavy (non-hydrogen) atoms. The van der Waals surface area contributed by atoms with Gasteiger partial charge in [-0.15, -0.1) is 23.5 Å². The third-order valence-electron chi connectivity index (χ3n) is 16.4. The summed E-state index contributed by atoms with van der Waals surface area (Å²) in [5, 5.41) is 32.4. The Morgan fingerprint density at radius 3 is 1.51 bits per heavy atom. The number of thioether (sulfide) groups is 2. The van der Waals surface area contributed by atoms with E-state index < -0.39 is 0 Å². The Bertz CT molecular complexity index is 1770. The molecular weight excluding hydrogens is 809 g/mol. The van der Waals surface area contributed by atoms with E-state index in [1.807, 2.05) is 23.5 Å². The van der Waals surface area contributed by atoms with Gasteiger partial charge in [-0.05, 0) is 157 Å². The summed E-state index contributed by atoms with van der Waals surface area (Å²) < 4.78 is -0.164. The summed E-state index contributed by atoms with van der Waals surface area (Å²) in [5.74, 6) is 6.30. The van der Waals surface area contributed by atoms with Gasteiger partial charge in [-0.2, -0.15) is 0 Å². The first-order chi connectivity index (χ1) is 28.7. The molecule has 3 nitrogen and oxygen atoms in total. The maximum Gasteiger partial charge on any atom is 0.123 e. The summed E-state index contributed by atoms with van der Waals surface area (Å²) in [4.78, 5) is 2.34. The lowest BCUT2D eigenvalue weighted by Gasteiger charge is -2.58. The third kappa shape index (κ3) is 11.8. The first-order valence-electron chi connectivity index (χ1n) is 25.2. The molecule has 0 amide bonds. The van der Waals surface area contributed by atoms with Gasteiger partial charge in [0.05, 0.1) is 10.2 Å². The Kier molecular flexibility index (Phi) is 15.7. The second-order valence-corrected chi connectivity index (χ2v) is 30.2. The standard InChI is InChI=1S/C31H48O2S2.C27H46O/c1-27(2,3)21-15-19(16-22(25(21)32)28(4,5)6)34-31(13,14)35-20-17-23(29(7,8)9)26(33)24(18-20)30(10,11)12;1-18(2)7-6-8-19(3)23-11-12-24-22-10-9-20-17-21(28)13-15-26(20,4)25(22)14-16-27(23,24)5/h15-18,32-33H,1-14H3;9,18-19,21-25,28H,6-8,10-17H2,1-5H3/t;19-,21+,22+,23-,24+,25+,26+,27-/m.1/s1. The number of phenols is 2. The number of aliphatic hydroxyl groups is 1. The molecule has 2 aromatic carbocycles. The first-order valence-corrected chi connectivity index (χ1v) is 26.8. The topological polar surface area (TPSA) is 60.7 Å². The highest BCUT2D eigenvalue weighted by molar-refractivity contribution is 8.18. The van der Waals surface area contributed by atoms with E-state index in [-0.39, 0.29) is 31.8 Å². The van der Waals surface area contributed by atoms with E-state index >= 15 is 0 Å². The van der Waals surface area contributed by atoms with Crippen molar-refractivity contribution in [1.82, 2.24) is 0 Å². The van der Waals surface area contributed by atoms with Crippen LogP contribution in [0.15, 0.2) is 45.7 Å². The number of hydrogen-bond acceptors (Lipinski definition) is 5. The van der Waals surface area contributed by atoms with Crippen LogP contribution in [0, 0.1) is 46.3 Å². The number of hydrogen-bond donors (Lipinski definition) is 3. The van der Waals surface area contributed by atoms with Crippen molar-refractivity contribution < 1.29 is 15.3 Å². The van der Waals surface area contributed by atoms with Crippen molar-refractivity contribution in [2.75, 3.05) is 0 Å². The molecule has 8 atom stereocenters. The number of phenolic OH excluding ortho intramolecular Hbond substituents is 2. The Hall–Kier alpha value is -1.56. The molecule has 0 unspecified atom stereocenters. The van der Waals surface area contributed by atoms with E-state index in [1.54, 1.807) is 5.57 Å². The average Bonchev–Trinajstić information content (AvgIpc) is 3.48. The van der Waals surface area contributed by atoms with Crippen molar-refractivity contribution in [2.24, 2.45) is 46.3 Å². The van der Waals surface area contributed by atoms with Gasteiger partial charge in [0, 0.05) is 32.0 Å². The second-order valence-electron chi connectivity index (χ2n) is 26.5. The van der Waals surface area contributed by atoms with Crippen molar-refractivity contribution in [3.8, 4) is 11.5 Å². The van der Waals surface area contributed by atoms with E-state index in [4.69, 9.17) is 0 Å². The molecule has 0 bridgehead atoms. The van der Waals surface area contributed by atoms with Gasteiger partial charge in [0.2, 0.25) is 0 Å². The van der Waals surface area contributed by atoms with Crippen LogP contribution in [0.5, 0.6) is 11.5 Å². The van der Waals surface area contributed by atoms with Gasteiger partial charge < -0.3 is 15.3 Å². The molecule has 4 aliphatic rings. The van der Waals surface area contributed by atoms with Gasteiger partial charge in [-0.25, -0.2) is 0 Å². The molecule has 0 aliphatic heterocycles. The van der Waals surface area contributed by atoms with Crippen molar-refractivity contribution in [3.63, 3.8) is 0 Å². The molecular formula is C58H94O3S2. The smallest absolute Gasteiger partial charge is 0.123 e. The quantitative estimate of drug-likeness (QED) is 0.133. The number of allylic oxidation sites excluding steroid dienone is 1. The minimum atomic E-state index is -0.164. The monoisotopic (exact) mass is 903 g/mol. The maximum absolute atomic E-state index is 11.1. The summed E-state index contributed by atoms with van der Waals surface area (Å²) in [7, 11) is 0. The number of fused-ring (bicyclic) bond motifs is 5. The molecule has 0 spiro atoms. The lowest BCUT2D eigenvalue weighted by molar-refractivity contribution is -0.0573. The Balaban J connectivity index is 0.000000242. The molecule has 2 aromatic rings. The van der Waals surface area contributed by atoms with E-state index in [0.29, 0.717) is 22.3 Å². The number of benzene rings is 2. The van der Waals surface area contributed by atoms with Gasteiger partial charge in [-0.1, -0.05) is 149 Å². The Morgan fingerprint density at radius 2 is 1.08 bits per heavy atom. The normalized spacial score (nSPS) is 28.4. The zero-order valence-electron chi connectivity index (χ0n) is 43.9. The van der Waals surface area contributed by atoms with Gasteiger partial charge in [0.15, 0.2) is 0 Å². The van der Waals surface area contributed by atoms with E-state index in [9.17, 15) is 15.3 Å². The molecule has 4 aliphatic carbocycles. The first kappa shape index (κ1) is 52.4. The predicted octanol–water partition coefficient (Wildman–Crippen LogP) is 17.3. The number of aliphatic hydroxyl groups excluding tert-OH is 1. The fraction of sp³-hybridized carbons (Fsp3) is 0.759. The molecule has 356 valence electrons. The molecule has 3 fully saturated rings. The van der Waals surface area contributed by atoms with Crippen LogP contribution in [0.3, 0.4) is 0 Å². The Morgan fingerprint density at radius 1 is 0.619 bits per heavy atom. The van der Waals surface area contributed by atoms with Gasteiger partial charge in [0.1, 0.15) is 11.5 Å². The Labute approximate surface area is 396 Å². The second kappa shape index (κ2) is 18.8. The molecule has 3 saturated carbocycles. The summed E-state index contributed by atoms with van der Waals surface area (Å²) in [6, 6.07) is 8.65. The van der Waals surface area contributed by atoms with E-state index in [2.05, 4.69) is 162 Å². The number of aromatic hydroxyl groups is 2. The van der Waals surface area contributed by atoms with Gasteiger partial charge in [-0.3, -0.25) is 0 Å². The lowest BCUT2D eigenvalue weighted by Crippen LogP contribution is -2.50. The summed E-state index contributed by atoms with van der Waals surface area (Å²) in [6.45, 7) is 42.9. The molecule has 0 heterocycles. The van der Waals surface area contributed by atoms with Crippen molar-refractivity contribution in [3.05, 3.63) is 58.2 Å². The highest BCUT2D eigenvalue weighted by Crippen LogP contribution is 2.67. The highest BCUT2D eigenvalue weighted by atomic mass is 32.2. The average molecular weight is 904 g/mol. The van der Waals surface area contributed by atoms with Crippen molar-refractivity contribution in [2.45, 2.75) is 244 Å². The zero-order chi connectivity index (χ0) is 47.5. The molecule has 0 saturated heterocycles. The predicted molar refractivity (Wildman–Crippen MR) is 276 cm³/mol. The fourth-order valence-corrected chi connectivity index (χ4v) is 15.5. The molecule has 3 N–H and O–H groups in total. The fourth-order valence-electron chi connectivity index (χ4n) is 12.9.